The van der Waals surface area contributed by atoms with Crippen molar-refractivity contribution in [1.82, 2.24) is 0 Å². The molecule has 45 heavy (non-hydrogen) atoms. The summed E-state index contributed by atoms with van der Waals surface area (Å²) in [4.78, 5) is 0. The fourth-order valence-electron chi connectivity index (χ4n) is 4.70. The second-order valence-corrected chi connectivity index (χ2v) is 9.18. The van der Waals surface area contributed by atoms with Gasteiger partial charge in [-0.25, -0.2) is 39.5 Å². The summed E-state index contributed by atoms with van der Waals surface area (Å²) >= 11 is 0. The maximum atomic E-state index is 15.5. The summed E-state index contributed by atoms with van der Waals surface area (Å²) in [7, 11) is -3.24. The maximum absolute atomic E-state index is 15.5. The zero-order valence-corrected chi connectivity index (χ0v) is 21.2. The molecule has 0 radical (unpaired) electrons. The van der Waals surface area contributed by atoms with Gasteiger partial charge in [-0.1, -0.05) is 12.1 Å². The van der Waals surface area contributed by atoms with Crippen molar-refractivity contribution in [2.45, 2.75) is 0 Å². The third-order valence-corrected chi connectivity index (χ3v) is 6.69. The van der Waals surface area contributed by atoms with Crippen molar-refractivity contribution >= 4 is 39.6 Å². The lowest BCUT2D eigenvalue weighted by atomic mass is 9.92. The Bertz CT molecular complexity index is 2180. The Hall–Kier alpha value is -5.09. The molecule has 0 aliphatic rings. The summed E-state index contributed by atoms with van der Waals surface area (Å²) in [5.74, 6) is -34.2. The Balaban J connectivity index is 1.61. The molecule has 0 bridgehead atoms. The van der Waals surface area contributed by atoms with E-state index in [0.29, 0.717) is 0 Å². The molecule has 0 unspecified atom stereocenters. The molecule has 0 saturated carbocycles. The molecule has 0 N–H and O–H groups in total. The summed E-state index contributed by atoms with van der Waals surface area (Å²) < 4.78 is 202. The first-order chi connectivity index (χ1) is 21.2. The van der Waals surface area contributed by atoms with E-state index >= 15 is 13.2 Å². The molecular formula is C28H6BF13O3. The van der Waals surface area contributed by atoms with Crippen molar-refractivity contribution in [3.8, 4) is 17.2 Å². The van der Waals surface area contributed by atoms with Gasteiger partial charge in [0.15, 0.2) is 52.2 Å². The summed E-state index contributed by atoms with van der Waals surface area (Å²) in [6, 6.07) is 4.23. The molecule has 6 aromatic rings. The average Bonchev–Trinajstić information content (AvgIpc) is 3.02. The van der Waals surface area contributed by atoms with Crippen LogP contribution in [0.5, 0.6) is 17.2 Å². The molecule has 0 saturated heterocycles. The number of halogens is 13. The van der Waals surface area contributed by atoms with Crippen molar-refractivity contribution in [2.75, 3.05) is 0 Å². The van der Waals surface area contributed by atoms with Gasteiger partial charge in [0.2, 0.25) is 34.9 Å². The normalized spacial score (nSPS) is 11.7. The van der Waals surface area contributed by atoms with Gasteiger partial charge in [-0.05, 0) is 29.7 Å². The molecular weight excluding hydrogens is 642 g/mol. The Morgan fingerprint density at radius 2 is 0.800 bits per heavy atom. The van der Waals surface area contributed by atoms with Crippen LogP contribution in [-0.2, 0) is 0 Å². The smallest absolute Gasteiger partial charge is 0.486 e. The van der Waals surface area contributed by atoms with E-state index in [-0.39, 0.29) is 17.5 Å². The van der Waals surface area contributed by atoms with E-state index in [4.69, 9.17) is 4.65 Å². The second kappa shape index (κ2) is 10.5. The first-order valence-electron chi connectivity index (χ1n) is 12.0. The van der Waals surface area contributed by atoms with E-state index in [9.17, 15) is 43.9 Å². The van der Waals surface area contributed by atoms with Gasteiger partial charge in [0.1, 0.15) is 5.82 Å². The first-order valence-corrected chi connectivity index (χ1v) is 12.0. The second-order valence-electron chi connectivity index (χ2n) is 9.18. The molecule has 0 fully saturated rings. The zero-order chi connectivity index (χ0) is 32.6. The van der Waals surface area contributed by atoms with Crippen molar-refractivity contribution < 1.29 is 71.0 Å². The number of hydrogen-bond acceptors (Lipinski definition) is 3. The van der Waals surface area contributed by atoms with E-state index in [0.717, 1.165) is 24.3 Å². The maximum Gasteiger partial charge on any atom is 0.864 e. The quantitative estimate of drug-likeness (QED) is 0.0594. The Kier molecular flexibility index (Phi) is 7.01. The SMILES string of the molecule is Fc1ccc(F)c(OB(Oc2c(F)c(F)c(F)c(F)c2F)Oc2c(F)c(F)c3c(F)c(F)c4c(F)ccc5ccc2c3c54)c1F. The lowest BCUT2D eigenvalue weighted by Gasteiger charge is -2.21. The minimum atomic E-state index is -3.24. The topological polar surface area (TPSA) is 27.7 Å². The van der Waals surface area contributed by atoms with Crippen LogP contribution in [0.3, 0.4) is 0 Å². The van der Waals surface area contributed by atoms with Crippen molar-refractivity contribution in [1.29, 1.82) is 0 Å². The lowest BCUT2D eigenvalue weighted by molar-refractivity contribution is 0.262. The van der Waals surface area contributed by atoms with Gasteiger partial charge in [0, 0.05) is 16.2 Å². The molecule has 3 nitrogen and oxygen atoms in total. The molecule has 6 aromatic carbocycles. The fourth-order valence-corrected chi connectivity index (χ4v) is 4.70. The van der Waals surface area contributed by atoms with E-state index < -0.39 is 127 Å². The number of rotatable bonds is 6. The van der Waals surface area contributed by atoms with E-state index in [1.807, 2.05) is 0 Å². The molecule has 0 aromatic heterocycles. The third kappa shape index (κ3) is 4.39. The average molecular weight is 648 g/mol. The van der Waals surface area contributed by atoms with Gasteiger partial charge in [-0.3, -0.25) is 0 Å². The van der Waals surface area contributed by atoms with Crippen LogP contribution in [0.4, 0.5) is 57.1 Å². The fraction of sp³-hybridized carbons (Fsp3) is 0. The Morgan fingerprint density at radius 3 is 1.47 bits per heavy atom. The minimum absolute atomic E-state index is 0.0471. The Labute approximate surface area is 240 Å². The third-order valence-electron chi connectivity index (χ3n) is 6.69. The molecule has 6 rings (SSSR count). The van der Waals surface area contributed by atoms with E-state index in [1.54, 1.807) is 0 Å². The molecule has 0 heterocycles. The van der Waals surface area contributed by atoms with Crippen LogP contribution in [0, 0.1) is 75.6 Å². The highest BCUT2D eigenvalue weighted by Crippen LogP contribution is 2.45. The highest BCUT2D eigenvalue weighted by atomic mass is 19.2. The Morgan fingerprint density at radius 1 is 0.333 bits per heavy atom. The summed E-state index contributed by atoms with van der Waals surface area (Å²) in [5, 5.41) is -4.46. The van der Waals surface area contributed by atoms with Crippen molar-refractivity contribution in [2.24, 2.45) is 0 Å². The van der Waals surface area contributed by atoms with Crippen molar-refractivity contribution in [3.63, 3.8) is 0 Å². The minimum Gasteiger partial charge on any atom is -0.486 e. The number of benzene rings is 6. The summed E-state index contributed by atoms with van der Waals surface area (Å²) in [6.07, 6.45) is 0. The molecule has 17 heteroatoms. The predicted octanol–water partition coefficient (Wildman–Crippen LogP) is 8.91. The lowest BCUT2D eigenvalue weighted by Crippen LogP contribution is -2.39. The van der Waals surface area contributed by atoms with Crippen LogP contribution < -0.4 is 14.0 Å². The molecule has 0 atom stereocenters. The van der Waals surface area contributed by atoms with Crippen molar-refractivity contribution in [3.05, 3.63) is 112 Å². The largest absolute Gasteiger partial charge is 0.864 e. The van der Waals surface area contributed by atoms with Crippen LogP contribution in [0.1, 0.15) is 0 Å². The molecule has 0 aliphatic heterocycles. The van der Waals surface area contributed by atoms with E-state index in [2.05, 4.69) is 9.31 Å². The van der Waals surface area contributed by atoms with Gasteiger partial charge in [-0.2, -0.15) is 17.6 Å². The molecule has 230 valence electrons. The van der Waals surface area contributed by atoms with E-state index in [1.165, 1.54) is 0 Å². The summed E-state index contributed by atoms with van der Waals surface area (Å²) in [5.41, 5.74) is 0. The van der Waals surface area contributed by atoms with Gasteiger partial charge < -0.3 is 14.0 Å². The number of hydrogen-bond donors (Lipinski definition) is 0. The van der Waals surface area contributed by atoms with Gasteiger partial charge in [0.25, 0.3) is 0 Å². The zero-order valence-electron chi connectivity index (χ0n) is 21.2. The standard InChI is InChI=1S/C28H6BF13O3/c30-9-4-2-7-1-3-8-13-12(7)14(9)17(34)18(35)15(13)19(36)23(40)26(8)43-29(44-27-11(32)6-5-10(31)16(27)33)45-28-24(41)21(38)20(37)22(39)25(28)42/h1-6H. The van der Waals surface area contributed by atoms with Crippen LogP contribution >= 0.6 is 0 Å². The van der Waals surface area contributed by atoms with Crippen LogP contribution in [0.2, 0.25) is 0 Å². The van der Waals surface area contributed by atoms with Gasteiger partial charge in [0.05, 0.1) is 10.8 Å². The van der Waals surface area contributed by atoms with Crippen LogP contribution in [0.25, 0.3) is 32.3 Å². The first kappa shape index (κ1) is 30.0. The highest BCUT2D eigenvalue weighted by Gasteiger charge is 2.40. The molecule has 0 aliphatic carbocycles. The highest BCUT2D eigenvalue weighted by molar-refractivity contribution is 6.40. The molecule has 0 amide bonds. The summed E-state index contributed by atoms with van der Waals surface area (Å²) in [6.45, 7) is 0. The predicted molar refractivity (Wildman–Crippen MR) is 130 cm³/mol. The van der Waals surface area contributed by atoms with Crippen LogP contribution in [0.15, 0.2) is 36.4 Å². The van der Waals surface area contributed by atoms with Gasteiger partial charge in [-0.15, -0.1) is 0 Å². The monoisotopic (exact) mass is 648 g/mol. The molecule has 0 spiro atoms. The van der Waals surface area contributed by atoms with Crippen LogP contribution in [-0.4, -0.2) is 7.32 Å². The van der Waals surface area contributed by atoms with Gasteiger partial charge >= 0.3 is 7.32 Å².